The number of nitrogens with one attached hydrogen (secondary N) is 1. The highest BCUT2D eigenvalue weighted by Crippen LogP contribution is 2.20. The number of hydrogen-bond acceptors (Lipinski definition) is 5. The minimum absolute atomic E-state index is 0.0929. The van der Waals surface area contributed by atoms with E-state index in [-0.39, 0.29) is 29.2 Å². The fourth-order valence-electron chi connectivity index (χ4n) is 2.35. The van der Waals surface area contributed by atoms with Gasteiger partial charge in [0.15, 0.2) is 0 Å². The molecule has 1 amide bonds. The Morgan fingerprint density at radius 2 is 1.74 bits per heavy atom. The molecule has 0 saturated heterocycles. The molecule has 2 rings (SSSR count). The lowest BCUT2D eigenvalue weighted by Gasteiger charge is -2.20. The van der Waals surface area contributed by atoms with Crippen molar-refractivity contribution in [2.45, 2.75) is 11.8 Å². The average Bonchev–Trinajstić information content (AvgIpc) is 2.66. The van der Waals surface area contributed by atoms with Gasteiger partial charge in [-0.15, -0.1) is 0 Å². The maximum absolute atomic E-state index is 12.7. The van der Waals surface area contributed by atoms with Crippen LogP contribution in [0.2, 0.25) is 0 Å². The maximum Gasteiger partial charge on any atom is 0.339 e. The molecule has 0 aliphatic rings. The lowest BCUT2D eigenvalue weighted by atomic mass is 10.2. The third-order valence-electron chi connectivity index (χ3n) is 3.73. The first-order valence-electron chi connectivity index (χ1n) is 8.02. The number of halogens is 1. The van der Waals surface area contributed by atoms with Gasteiger partial charge in [0.05, 0.1) is 29.8 Å². The minimum Gasteiger partial charge on any atom is -0.465 e. The Hall–Kier alpha value is -2.23. The number of hydrogen-bond donors (Lipinski definition) is 1. The quantitative estimate of drug-likeness (QED) is 0.649. The number of anilines is 1. The Morgan fingerprint density at radius 1 is 1.11 bits per heavy atom. The Balaban J connectivity index is 2.18. The first kappa shape index (κ1) is 21.1. The predicted octanol–water partition coefficient (Wildman–Crippen LogP) is 2.89. The molecular weight excluding hydrogens is 436 g/mol. The number of ether oxygens (including phenoxy) is 1. The van der Waals surface area contributed by atoms with E-state index in [0.717, 1.165) is 8.78 Å². The summed E-state index contributed by atoms with van der Waals surface area (Å²) in [6.07, 6.45) is 0. The number of carbonyl (C=O) groups is 2. The van der Waals surface area contributed by atoms with Crippen molar-refractivity contribution >= 4 is 43.5 Å². The molecule has 0 heterocycles. The number of amides is 1. The number of carbonyl (C=O) groups excluding carboxylic acids is 2. The standard InChI is InChI=1S/C18H19BrN2O5S/c1-3-21(27(24,25)14-10-8-13(19)9-11-14)12-17(22)20-16-7-5-4-6-15(16)18(23)26-2/h4-11H,3,12H2,1-2H3,(H,20,22). The van der Waals surface area contributed by atoms with Crippen LogP contribution in [0.3, 0.4) is 0 Å². The number of sulfonamides is 1. The molecule has 0 radical (unpaired) electrons. The van der Waals surface area contributed by atoms with Gasteiger partial charge >= 0.3 is 5.97 Å². The van der Waals surface area contributed by atoms with Crippen molar-refractivity contribution in [1.29, 1.82) is 0 Å². The summed E-state index contributed by atoms with van der Waals surface area (Å²) in [5, 5.41) is 2.57. The van der Waals surface area contributed by atoms with Crippen LogP contribution in [0.5, 0.6) is 0 Å². The first-order chi connectivity index (χ1) is 12.8. The third-order valence-corrected chi connectivity index (χ3v) is 6.19. The number of likely N-dealkylation sites (N-methyl/N-ethyl adjacent to an activating group) is 1. The van der Waals surface area contributed by atoms with Crippen molar-refractivity contribution in [1.82, 2.24) is 4.31 Å². The van der Waals surface area contributed by atoms with E-state index < -0.39 is 21.9 Å². The van der Waals surface area contributed by atoms with Crippen molar-refractivity contribution in [2.24, 2.45) is 0 Å². The molecule has 7 nitrogen and oxygen atoms in total. The molecule has 0 aromatic heterocycles. The number of esters is 1. The lowest BCUT2D eigenvalue weighted by Crippen LogP contribution is -2.38. The van der Waals surface area contributed by atoms with Gasteiger partial charge in [-0.1, -0.05) is 35.0 Å². The molecule has 0 aliphatic heterocycles. The molecule has 0 bridgehead atoms. The van der Waals surface area contributed by atoms with E-state index in [1.807, 2.05) is 0 Å². The van der Waals surface area contributed by atoms with Crippen LogP contribution in [-0.2, 0) is 19.6 Å². The number of methoxy groups -OCH3 is 1. The molecule has 0 fully saturated rings. The third kappa shape index (κ3) is 5.15. The first-order valence-corrected chi connectivity index (χ1v) is 10.3. The van der Waals surface area contributed by atoms with Crippen LogP contribution in [0, 0.1) is 0 Å². The van der Waals surface area contributed by atoms with E-state index in [0.29, 0.717) is 0 Å². The second-order valence-corrected chi connectivity index (χ2v) is 8.32. The largest absolute Gasteiger partial charge is 0.465 e. The van der Waals surface area contributed by atoms with Crippen LogP contribution in [-0.4, -0.2) is 44.8 Å². The summed E-state index contributed by atoms with van der Waals surface area (Å²) in [6, 6.07) is 12.5. The Kier molecular flexibility index (Phi) is 7.11. The predicted molar refractivity (Wildman–Crippen MR) is 105 cm³/mol. The van der Waals surface area contributed by atoms with Crippen LogP contribution in [0.1, 0.15) is 17.3 Å². The molecule has 9 heteroatoms. The molecule has 0 atom stereocenters. The molecule has 144 valence electrons. The molecule has 27 heavy (non-hydrogen) atoms. The summed E-state index contributed by atoms with van der Waals surface area (Å²) in [7, 11) is -2.59. The van der Waals surface area contributed by atoms with E-state index in [1.165, 1.54) is 25.3 Å². The van der Waals surface area contributed by atoms with Gasteiger partial charge in [-0.25, -0.2) is 13.2 Å². The van der Waals surface area contributed by atoms with Crippen molar-refractivity contribution in [3.05, 3.63) is 58.6 Å². The second kappa shape index (κ2) is 9.12. The summed E-state index contributed by atoms with van der Waals surface area (Å²) in [5.41, 5.74) is 0.443. The SMILES string of the molecule is CCN(CC(=O)Nc1ccccc1C(=O)OC)S(=O)(=O)c1ccc(Br)cc1. The lowest BCUT2D eigenvalue weighted by molar-refractivity contribution is -0.116. The van der Waals surface area contributed by atoms with Crippen LogP contribution >= 0.6 is 15.9 Å². The summed E-state index contributed by atoms with van der Waals surface area (Å²) in [5.74, 6) is -1.16. The van der Waals surface area contributed by atoms with Gasteiger partial charge in [0.2, 0.25) is 15.9 Å². The molecule has 2 aromatic carbocycles. The molecule has 1 N–H and O–H groups in total. The zero-order valence-corrected chi connectivity index (χ0v) is 17.2. The van der Waals surface area contributed by atoms with Crippen LogP contribution in [0.15, 0.2) is 57.9 Å². The summed E-state index contributed by atoms with van der Waals surface area (Å²) < 4.78 is 32.0. The van der Waals surface area contributed by atoms with E-state index in [2.05, 4.69) is 26.0 Å². The molecule has 2 aromatic rings. The maximum atomic E-state index is 12.7. The fraction of sp³-hybridized carbons (Fsp3) is 0.222. The number of nitrogens with zero attached hydrogens (tertiary/aromatic N) is 1. The van der Waals surface area contributed by atoms with E-state index >= 15 is 0 Å². The summed E-state index contributed by atoms with van der Waals surface area (Å²) >= 11 is 3.26. The molecular formula is C18H19BrN2O5S. The summed E-state index contributed by atoms with van der Waals surface area (Å²) in [6.45, 7) is 1.38. The van der Waals surface area contributed by atoms with Gasteiger partial charge in [-0.05, 0) is 36.4 Å². The molecule has 0 unspecified atom stereocenters. The van der Waals surface area contributed by atoms with E-state index in [9.17, 15) is 18.0 Å². The van der Waals surface area contributed by atoms with Crippen LogP contribution < -0.4 is 5.32 Å². The Bertz CT molecular complexity index is 929. The monoisotopic (exact) mass is 454 g/mol. The van der Waals surface area contributed by atoms with Crippen molar-refractivity contribution in [3.63, 3.8) is 0 Å². The Morgan fingerprint density at radius 3 is 2.33 bits per heavy atom. The molecule has 0 spiro atoms. The van der Waals surface area contributed by atoms with Crippen LogP contribution in [0.4, 0.5) is 5.69 Å². The normalized spacial score (nSPS) is 11.3. The van der Waals surface area contributed by atoms with Gasteiger partial charge < -0.3 is 10.1 Å². The van der Waals surface area contributed by atoms with Gasteiger partial charge in [0, 0.05) is 11.0 Å². The number of para-hydroxylation sites is 1. The number of benzene rings is 2. The average molecular weight is 455 g/mol. The molecule has 0 aliphatic carbocycles. The van der Waals surface area contributed by atoms with Crippen molar-refractivity contribution in [3.8, 4) is 0 Å². The summed E-state index contributed by atoms with van der Waals surface area (Å²) in [4.78, 5) is 24.3. The highest BCUT2D eigenvalue weighted by Gasteiger charge is 2.25. The van der Waals surface area contributed by atoms with Gasteiger partial charge in [-0.3, -0.25) is 4.79 Å². The van der Waals surface area contributed by atoms with Gasteiger partial charge in [0.1, 0.15) is 0 Å². The zero-order valence-electron chi connectivity index (χ0n) is 14.8. The second-order valence-electron chi connectivity index (χ2n) is 5.47. The van der Waals surface area contributed by atoms with E-state index in [4.69, 9.17) is 0 Å². The van der Waals surface area contributed by atoms with Crippen LogP contribution in [0.25, 0.3) is 0 Å². The smallest absolute Gasteiger partial charge is 0.339 e. The highest BCUT2D eigenvalue weighted by molar-refractivity contribution is 9.10. The number of rotatable bonds is 7. The molecule has 0 saturated carbocycles. The van der Waals surface area contributed by atoms with Crippen molar-refractivity contribution in [2.75, 3.05) is 25.5 Å². The minimum atomic E-state index is -3.83. The topological polar surface area (TPSA) is 92.8 Å². The highest BCUT2D eigenvalue weighted by atomic mass is 79.9. The van der Waals surface area contributed by atoms with Gasteiger partial charge in [-0.2, -0.15) is 4.31 Å². The zero-order chi connectivity index (χ0) is 20.0. The Labute approximate surface area is 166 Å². The fourth-order valence-corrected chi connectivity index (χ4v) is 4.02. The van der Waals surface area contributed by atoms with E-state index in [1.54, 1.807) is 37.3 Å². The van der Waals surface area contributed by atoms with Gasteiger partial charge in [0.25, 0.3) is 0 Å². The van der Waals surface area contributed by atoms with Crippen molar-refractivity contribution < 1.29 is 22.7 Å².